The first kappa shape index (κ1) is 16.8. The highest BCUT2D eigenvalue weighted by Crippen LogP contribution is 2.31. The van der Waals surface area contributed by atoms with E-state index in [0.29, 0.717) is 36.8 Å². The van der Waals surface area contributed by atoms with E-state index in [9.17, 15) is 9.59 Å². The van der Waals surface area contributed by atoms with Crippen LogP contribution in [0.15, 0.2) is 42.6 Å². The molecule has 0 radical (unpaired) electrons. The third-order valence-corrected chi connectivity index (χ3v) is 3.89. The number of aromatic nitrogens is 1. The molecular weight excluding hydrogens is 324 g/mol. The van der Waals surface area contributed by atoms with E-state index in [1.807, 2.05) is 31.2 Å². The standard InChI is InChI=1S/C18H18N2O5/c1-2-20(17(21)12-7-8-14(18(22)23)19-9-12)10-13-11-24-15-5-3-4-6-16(15)25-13/h3-9,13H,2,10-11H2,1H3,(H,22,23)/t13-/m0/s1. The molecule has 0 saturated heterocycles. The van der Waals surface area contributed by atoms with Gasteiger partial charge < -0.3 is 19.5 Å². The van der Waals surface area contributed by atoms with E-state index < -0.39 is 5.97 Å². The van der Waals surface area contributed by atoms with Gasteiger partial charge in [-0.2, -0.15) is 0 Å². The van der Waals surface area contributed by atoms with Crippen LogP contribution < -0.4 is 9.47 Å². The van der Waals surface area contributed by atoms with Crippen molar-refractivity contribution in [3.05, 3.63) is 53.9 Å². The Morgan fingerprint density at radius 1 is 1.24 bits per heavy atom. The van der Waals surface area contributed by atoms with Gasteiger partial charge in [-0.05, 0) is 31.2 Å². The highest BCUT2D eigenvalue weighted by atomic mass is 16.6. The van der Waals surface area contributed by atoms with Crippen molar-refractivity contribution in [3.8, 4) is 11.5 Å². The molecule has 0 fully saturated rings. The molecule has 25 heavy (non-hydrogen) atoms. The molecule has 1 aromatic carbocycles. The first-order chi connectivity index (χ1) is 12.1. The molecule has 0 saturated carbocycles. The second-order valence-corrected chi connectivity index (χ2v) is 5.58. The van der Waals surface area contributed by atoms with Crippen LogP contribution in [0.5, 0.6) is 11.5 Å². The van der Waals surface area contributed by atoms with E-state index in [1.165, 1.54) is 18.3 Å². The van der Waals surface area contributed by atoms with Gasteiger partial charge in [0.15, 0.2) is 17.6 Å². The molecule has 3 rings (SSSR count). The summed E-state index contributed by atoms with van der Waals surface area (Å²) in [5, 5.41) is 8.88. The number of carbonyl (C=O) groups excluding carboxylic acids is 1. The average molecular weight is 342 g/mol. The Morgan fingerprint density at radius 3 is 2.64 bits per heavy atom. The summed E-state index contributed by atoms with van der Waals surface area (Å²) in [5.41, 5.74) is 0.240. The van der Waals surface area contributed by atoms with E-state index >= 15 is 0 Å². The molecule has 0 bridgehead atoms. The maximum Gasteiger partial charge on any atom is 0.354 e. The van der Waals surface area contributed by atoms with Gasteiger partial charge in [-0.15, -0.1) is 0 Å². The predicted octanol–water partition coefficient (Wildman–Crippen LogP) is 2.08. The normalized spacial score (nSPS) is 15.5. The molecule has 0 spiro atoms. The number of ether oxygens (including phenoxy) is 2. The number of carboxylic acids is 1. The molecular formula is C18H18N2O5. The number of para-hydroxylation sites is 2. The van der Waals surface area contributed by atoms with Crippen molar-refractivity contribution in [2.75, 3.05) is 19.7 Å². The molecule has 1 amide bonds. The van der Waals surface area contributed by atoms with Crippen molar-refractivity contribution in [2.45, 2.75) is 13.0 Å². The zero-order valence-corrected chi connectivity index (χ0v) is 13.7. The van der Waals surface area contributed by atoms with Crippen molar-refractivity contribution in [3.63, 3.8) is 0 Å². The topological polar surface area (TPSA) is 89.0 Å². The van der Waals surface area contributed by atoms with Crippen molar-refractivity contribution in [1.29, 1.82) is 0 Å². The molecule has 1 N–H and O–H groups in total. The van der Waals surface area contributed by atoms with Crippen molar-refractivity contribution in [2.24, 2.45) is 0 Å². The van der Waals surface area contributed by atoms with Gasteiger partial charge in [0.05, 0.1) is 12.1 Å². The lowest BCUT2D eigenvalue weighted by molar-refractivity contribution is 0.0474. The first-order valence-electron chi connectivity index (χ1n) is 7.95. The number of carbonyl (C=O) groups is 2. The van der Waals surface area contributed by atoms with Crippen LogP contribution in [0, 0.1) is 0 Å². The zero-order chi connectivity index (χ0) is 17.8. The van der Waals surface area contributed by atoms with E-state index in [1.54, 1.807) is 4.90 Å². The van der Waals surface area contributed by atoms with Crippen molar-refractivity contribution in [1.82, 2.24) is 9.88 Å². The van der Waals surface area contributed by atoms with Crippen LogP contribution in [0.25, 0.3) is 0 Å². The molecule has 0 aliphatic carbocycles. The highest BCUT2D eigenvalue weighted by molar-refractivity contribution is 5.94. The lowest BCUT2D eigenvalue weighted by Crippen LogP contribution is -2.43. The number of rotatable bonds is 5. The molecule has 7 heteroatoms. The molecule has 7 nitrogen and oxygen atoms in total. The SMILES string of the molecule is CCN(C[C@H]1COc2ccccc2O1)C(=O)c1ccc(C(=O)O)nc1. The lowest BCUT2D eigenvalue weighted by atomic mass is 10.2. The summed E-state index contributed by atoms with van der Waals surface area (Å²) >= 11 is 0. The number of nitrogens with zero attached hydrogens (tertiary/aromatic N) is 2. The van der Waals surface area contributed by atoms with Gasteiger partial charge in [0.2, 0.25) is 0 Å². The third-order valence-electron chi connectivity index (χ3n) is 3.89. The van der Waals surface area contributed by atoms with Crippen LogP contribution >= 0.6 is 0 Å². The Hall–Kier alpha value is -3.09. The van der Waals surface area contributed by atoms with Crippen LogP contribution in [-0.4, -0.2) is 52.7 Å². The average Bonchev–Trinajstić information content (AvgIpc) is 2.65. The lowest BCUT2D eigenvalue weighted by Gasteiger charge is -2.30. The smallest absolute Gasteiger partial charge is 0.354 e. The Balaban J connectivity index is 1.68. The Kier molecular flexibility index (Phi) is 4.83. The van der Waals surface area contributed by atoms with Gasteiger partial charge in [-0.3, -0.25) is 4.79 Å². The summed E-state index contributed by atoms with van der Waals surface area (Å²) in [6, 6.07) is 10.2. The quantitative estimate of drug-likeness (QED) is 0.895. The van der Waals surface area contributed by atoms with Crippen molar-refractivity contribution >= 4 is 11.9 Å². The maximum absolute atomic E-state index is 12.6. The number of hydrogen-bond donors (Lipinski definition) is 1. The fraction of sp³-hybridized carbons (Fsp3) is 0.278. The zero-order valence-electron chi connectivity index (χ0n) is 13.7. The van der Waals surface area contributed by atoms with E-state index in [2.05, 4.69) is 4.98 Å². The second-order valence-electron chi connectivity index (χ2n) is 5.58. The van der Waals surface area contributed by atoms with E-state index in [-0.39, 0.29) is 17.7 Å². The maximum atomic E-state index is 12.6. The Morgan fingerprint density at radius 2 is 2.00 bits per heavy atom. The van der Waals surface area contributed by atoms with Crippen molar-refractivity contribution < 1.29 is 24.2 Å². The van der Waals surface area contributed by atoms with Gasteiger partial charge in [-0.25, -0.2) is 9.78 Å². The van der Waals surface area contributed by atoms with Crippen LogP contribution in [0.2, 0.25) is 0 Å². The molecule has 2 aromatic rings. The van der Waals surface area contributed by atoms with Crippen LogP contribution in [-0.2, 0) is 0 Å². The minimum atomic E-state index is -1.13. The Bertz CT molecular complexity index is 775. The fourth-order valence-corrected chi connectivity index (χ4v) is 2.58. The number of likely N-dealkylation sites (N-methyl/N-ethyl adjacent to an activating group) is 1. The highest BCUT2D eigenvalue weighted by Gasteiger charge is 2.25. The molecule has 2 heterocycles. The number of pyridine rings is 1. The second kappa shape index (κ2) is 7.21. The molecule has 1 aliphatic rings. The van der Waals surface area contributed by atoms with Crippen LogP contribution in [0.1, 0.15) is 27.8 Å². The fourth-order valence-electron chi connectivity index (χ4n) is 2.58. The molecule has 1 aliphatic heterocycles. The number of aromatic carboxylic acids is 1. The van der Waals surface area contributed by atoms with Crippen LogP contribution in [0.3, 0.4) is 0 Å². The monoisotopic (exact) mass is 342 g/mol. The number of benzene rings is 1. The summed E-state index contributed by atoms with van der Waals surface area (Å²) in [6.07, 6.45) is 1.01. The largest absolute Gasteiger partial charge is 0.486 e. The number of hydrogen-bond acceptors (Lipinski definition) is 5. The summed E-state index contributed by atoms with van der Waals surface area (Å²) in [6.45, 7) is 3.08. The first-order valence-corrected chi connectivity index (χ1v) is 7.95. The van der Waals surface area contributed by atoms with E-state index in [0.717, 1.165) is 0 Å². The number of carboxylic acid groups (broad SMARTS) is 1. The summed E-state index contributed by atoms with van der Waals surface area (Å²) in [4.78, 5) is 28.9. The summed E-state index contributed by atoms with van der Waals surface area (Å²) in [7, 11) is 0. The molecule has 0 unspecified atom stereocenters. The molecule has 130 valence electrons. The summed E-state index contributed by atoms with van der Waals surface area (Å²) in [5.74, 6) is 0.00322. The number of fused-ring (bicyclic) bond motifs is 1. The van der Waals surface area contributed by atoms with Crippen LogP contribution in [0.4, 0.5) is 0 Å². The van der Waals surface area contributed by atoms with Gasteiger partial charge in [0.1, 0.15) is 12.3 Å². The van der Waals surface area contributed by atoms with E-state index in [4.69, 9.17) is 14.6 Å². The minimum Gasteiger partial charge on any atom is -0.486 e. The number of amides is 1. The van der Waals surface area contributed by atoms with Gasteiger partial charge in [-0.1, -0.05) is 12.1 Å². The molecule has 1 aromatic heterocycles. The van der Waals surface area contributed by atoms with Gasteiger partial charge >= 0.3 is 5.97 Å². The third kappa shape index (κ3) is 3.71. The summed E-state index contributed by atoms with van der Waals surface area (Å²) < 4.78 is 11.6. The minimum absolute atomic E-state index is 0.0970. The Labute approximate surface area is 144 Å². The van der Waals surface area contributed by atoms with Gasteiger partial charge in [0, 0.05) is 12.7 Å². The predicted molar refractivity (Wildman–Crippen MR) is 89.1 cm³/mol. The van der Waals surface area contributed by atoms with Gasteiger partial charge in [0.25, 0.3) is 5.91 Å². The molecule has 1 atom stereocenters.